The van der Waals surface area contributed by atoms with Crippen molar-refractivity contribution in [2.24, 2.45) is 0 Å². The maximum absolute atomic E-state index is 12.8. The van der Waals surface area contributed by atoms with E-state index in [9.17, 15) is 9.18 Å². The van der Waals surface area contributed by atoms with Gasteiger partial charge in [0.25, 0.3) is 0 Å². The molecule has 6 heteroatoms. The molecule has 98 valence electrons. The maximum Gasteiger partial charge on any atom is 0.340 e. The number of aromatic nitrogens is 1. The molecule has 0 radical (unpaired) electrons. The minimum Gasteiger partial charge on any atom is -0.465 e. The molecule has 1 aromatic heterocycles. The molecule has 19 heavy (non-hydrogen) atoms. The van der Waals surface area contributed by atoms with E-state index in [1.54, 1.807) is 12.1 Å². The van der Waals surface area contributed by atoms with Gasteiger partial charge in [-0.1, -0.05) is 11.8 Å². The molecule has 1 heterocycles. The summed E-state index contributed by atoms with van der Waals surface area (Å²) in [5.41, 5.74) is 6.27. The van der Waals surface area contributed by atoms with E-state index in [2.05, 4.69) is 9.72 Å². The van der Waals surface area contributed by atoms with Crippen molar-refractivity contribution < 1.29 is 13.9 Å². The predicted octanol–water partition coefficient (Wildman–Crippen LogP) is 2.74. The van der Waals surface area contributed by atoms with Crippen LogP contribution in [0.25, 0.3) is 0 Å². The van der Waals surface area contributed by atoms with Gasteiger partial charge < -0.3 is 10.5 Å². The molecule has 1 aromatic carbocycles. The second-order valence-electron chi connectivity index (χ2n) is 3.67. The minimum atomic E-state index is -0.510. The Balaban J connectivity index is 2.34. The number of carbonyl (C=O) groups is 1. The van der Waals surface area contributed by atoms with Crippen LogP contribution in [0.5, 0.6) is 0 Å². The van der Waals surface area contributed by atoms with Crippen molar-refractivity contribution in [1.82, 2.24) is 4.98 Å². The molecule has 0 saturated carbocycles. The van der Waals surface area contributed by atoms with E-state index in [4.69, 9.17) is 5.73 Å². The molecule has 2 rings (SSSR count). The molecule has 4 nitrogen and oxygen atoms in total. The predicted molar refractivity (Wildman–Crippen MR) is 70.5 cm³/mol. The van der Waals surface area contributed by atoms with Gasteiger partial charge in [-0.2, -0.15) is 0 Å². The number of anilines is 1. The van der Waals surface area contributed by atoms with Gasteiger partial charge >= 0.3 is 5.97 Å². The van der Waals surface area contributed by atoms with E-state index in [0.717, 1.165) is 4.90 Å². The molecular weight excluding hydrogens is 267 g/mol. The van der Waals surface area contributed by atoms with Crippen molar-refractivity contribution in [3.63, 3.8) is 0 Å². The van der Waals surface area contributed by atoms with Crippen LogP contribution >= 0.6 is 11.8 Å². The molecule has 2 aromatic rings. The molecule has 0 spiro atoms. The molecule has 0 fully saturated rings. The van der Waals surface area contributed by atoms with Crippen LogP contribution in [0.15, 0.2) is 46.5 Å². The van der Waals surface area contributed by atoms with Crippen LogP contribution < -0.4 is 5.73 Å². The molecule has 0 atom stereocenters. The largest absolute Gasteiger partial charge is 0.465 e. The summed E-state index contributed by atoms with van der Waals surface area (Å²) in [5.74, 6) is -0.827. The number of pyridine rings is 1. The van der Waals surface area contributed by atoms with Crippen molar-refractivity contribution in [2.45, 2.75) is 9.92 Å². The van der Waals surface area contributed by atoms with Gasteiger partial charge in [-0.3, -0.25) is 0 Å². The molecule has 0 aliphatic carbocycles. The second kappa shape index (κ2) is 5.71. The zero-order chi connectivity index (χ0) is 13.8. The first-order valence-electron chi connectivity index (χ1n) is 5.37. The molecule has 0 amide bonds. The Hall–Kier alpha value is -2.08. The molecular formula is C13H11FN2O2S. The van der Waals surface area contributed by atoms with Crippen molar-refractivity contribution in [1.29, 1.82) is 0 Å². The van der Waals surface area contributed by atoms with Crippen LogP contribution in [0.4, 0.5) is 10.1 Å². The molecule has 2 N–H and O–H groups in total. The Morgan fingerprint density at radius 2 is 2.05 bits per heavy atom. The lowest BCUT2D eigenvalue weighted by Crippen LogP contribution is -2.05. The van der Waals surface area contributed by atoms with Crippen molar-refractivity contribution in [2.75, 3.05) is 12.8 Å². The topological polar surface area (TPSA) is 65.2 Å². The van der Waals surface area contributed by atoms with Gasteiger partial charge in [0, 0.05) is 4.90 Å². The van der Waals surface area contributed by atoms with Gasteiger partial charge in [-0.25, -0.2) is 14.2 Å². The second-order valence-corrected chi connectivity index (χ2v) is 4.73. The quantitative estimate of drug-likeness (QED) is 0.874. The summed E-state index contributed by atoms with van der Waals surface area (Å²) in [7, 11) is 1.29. The standard InChI is InChI=1S/C13H11FN2O2S/c1-18-13(17)11-6-9(15)7-16-12(11)19-10-4-2-8(14)3-5-10/h2-7H,15H2,1H3. The summed E-state index contributed by atoms with van der Waals surface area (Å²) in [5, 5.41) is 0.465. The first-order chi connectivity index (χ1) is 9.10. The Morgan fingerprint density at radius 1 is 1.37 bits per heavy atom. The molecule has 0 aliphatic rings. The van der Waals surface area contributed by atoms with Crippen LogP contribution in [0.1, 0.15) is 10.4 Å². The summed E-state index contributed by atoms with van der Waals surface area (Å²) < 4.78 is 17.5. The van der Waals surface area contributed by atoms with Crippen LogP contribution in [-0.4, -0.2) is 18.1 Å². The number of nitrogen functional groups attached to an aromatic ring is 1. The lowest BCUT2D eigenvalue weighted by Gasteiger charge is -2.07. The fraction of sp³-hybridized carbons (Fsp3) is 0.0769. The highest BCUT2D eigenvalue weighted by Crippen LogP contribution is 2.30. The maximum atomic E-state index is 12.8. The summed E-state index contributed by atoms with van der Waals surface area (Å²) in [4.78, 5) is 16.5. The number of hydrogen-bond acceptors (Lipinski definition) is 5. The number of nitrogens with two attached hydrogens (primary N) is 1. The Bertz CT molecular complexity index is 602. The van der Waals surface area contributed by atoms with Gasteiger partial charge in [0.2, 0.25) is 0 Å². The van der Waals surface area contributed by atoms with Gasteiger partial charge in [0.1, 0.15) is 10.8 Å². The van der Waals surface area contributed by atoms with Gasteiger partial charge in [-0.15, -0.1) is 0 Å². The van der Waals surface area contributed by atoms with Crippen LogP contribution in [0, 0.1) is 5.82 Å². The Kier molecular flexibility index (Phi) is 4.01. The smallest absolute Gasteiger partial charge is 0.340 e. The zero-order valence-electron chi connectivity index (χ0n) is 10.1. The van der Waals surface area contributed by atoms with E-state index in [0.29, 0.717) is 10.7 Å². The van der Waals surface area contributed by atoms with E-state index in [-0.39, 0.29) is 11.4 Å². The lowest BCUT2D eigenvalue weighted by atomic mass is 10.3. The average molecular weight is 278 g/mol. The number of nitrogens with zero attached hydrogens (tertiary/aromatic N) is 1. The van der Waals surface area contributed by atoms with E-state index < -0.39 is 5.97 Å². The fourth-order valence-electron chi connectivity index (χ4n) is 1.42. The average Bonchev–Trinajstić information content (AvgIpc) is 2.42. The van der Waals surface area contributed by atoms with Crippen LogP contribution in [0.3, 0.4) is 0 Å². The van der Waals surface area contributed by atoms with Crippen molar-refractivity contribution in [3.05, 3.63) is 47.9 Å². The third kappa shape index (κ3) is 3.23. The molecule has 0 unspecified atom stereocenters. The van der Waals surface area contributed by atoms with Crippen molar-refractivity contribution in [3.8, 4) is 0 Å². The summed E-state index contributed by atoms with van der Waals surface area (Å²) in [6.07, 6.45) is 1.46. The molecule has 0 aliphatic heterocycles. The molecule has 0 bridgehead atoms. The monoisotopic (exact) mass is 278 g/mol. The molecule has 0 saturated heterocycles. The highest BCUT2D eigenvalue weighted by molar-refractivity contribution is 7.99. The minimum absolute atomic E-state index is 0.289. The highest BCUT2D eigenvalue weighted by atomic mass is 32.2. The first kappa shape index (κ1) is 13.4. The number of hydrogen-bond donors (Lipinski definition) is 1. The number of halogens is 1. The van der Waals surface area contributed by atoms with Crippen molar-refractivity contribution >= 4 is 23.4 Å². The number of carbonyl (C=O) groups excluding carboxylic acids is 1. The van der Waals surface area contributed by atoms with E-state index >= 15 is 0 Å². The zero-order valence-corrected chi connectivity index (χ0v) is 10.9. The SMILES string of the molecule is COC(=O)c1cc(N)cnc1Sc1ccc(F)cc1. The highest BCUT2D eigenvalue weighted by Gasteiger charge is 2.15. The van der Waals surface area contributed by atoms with E-state index in [1.165, 1.54) is 43.3 Å². The number of benzene rings is 1. The summed E-state index contributed by atoms with van der Waals surface area (Å²) in [6, 6.07) is 7.41. The summed E-state index contributed by atoms with van der Waals surface area (Å²) >= 11 is 1.24. The Labute approximate surface area is 113 Å². The van der Waals surface area contributed by atoms with Crippen LogP contribution in [0.2, 0.25) is 0 Å². The van der Waals surface area contributed by atoms with E-state index in [1.807, 2.05) is 0 Å². The first-order valence-corrected chi connectivity index (χ1v) is 6.19. The lowest BCUT2D eigenvalue weighted by molar-refractivity contribution is 0.0596. The van der Waals surface area contributed by atoms with Gasteiger partial charge in [0.15, 0.2) is 0 Å². The number of esters is 1. The number of methoxy groups -OCH3 is 1. The summed E-state index contributed by atoms with van der Waals surface area (Å²) in [6.45, 7) is 0. The third-order valence-electron chi connectivity index (χ3n) is 2.31. The Morgan fingerprint density at radius 3 is 2.68 bits per heavy atom. The number of rotatable bonds is 3. The number of ether oxygens (including phenoxy) is 1. The normalized spacial score (nSPS) is 10.2. The third-order valence-corrected chi connectivity index (χ3v) is 3.33. The van der Waals surface area contributed by atoms with Crippen LogP contribution in [-0.2, 0) is 4.74 Å². The fourth-order valence-corrected chi connectivity index (χ4v) is 2.27. The van der Waals surface area contributed by atoms with Gasteiger partial charge in [-0.05, 0) is 30.3 Å². The van der Waals surface area contributed by atoms with Gasteiger partial charge in [0.05, 0.1) is 24.6 Å².